The fraction of sp³-hybridized carbons (Fsp3) is 0.615. The Labute approximate surface area is 126 Å². The van der Waals surface area contributed by atoms with Crippen molar-refractivity contribution in [3.05, 3.63) is 24.2 Å². The molecule has 2 rings (SSSR count). The highest BCUT2D eigenvalue weighted by Crippen LogP contribution is 2.17. The van der Waals surface area contributed by atoms with Crippen molar-refractivity contribution in [1.29, 1.82) is 0 Å². The Hall–Kier alpha value is -0.720. The molecule has 0 amide bonds. The van der Waals surface area contributed by atoms with Gasteiger partial charge in [-0.05, 0) is 25.0 Å². The highest BCUT2D eigenvalue weighted by atomic mass is 127. The second kappa shape index (κ2) is 8.39. The van der Waals surface area contributed by atoms with Crippen molar-refractivity contribution < 1.29 is 4.42 Å². The van der Waals surface area contributed by atoms with E-state index in [0.29, 0.717) is 12.6 Å². The SMILES string of the molecule is CN=C(NCc1ccco1)NC1CCCCC1.I. The molecular formula is C13H22IN3O. The largest absolute Gasteiger partial charge is 0.467 e. The molecule has 1 heterocycles. The van der Waals surface area contributed by atoms with Gasteiger partial charge in [-0.1, -0.05) is 19.3 Å². The number of guanidine groups is 1. The summed E-state index contributed by atoms with van der Waals surface area (Å²) in [6.07, 6.45) is 8.22. The summed E-state index contributed by atoms with van der Waals surface area (Å²) in [4.78, 5) is 4.23. The Kier molecular flexibility index (Phi) is 7.15. The van der Waals surface area contributed by atoms with Crippen molar-refractivity contribution in [2.75, 3.05) is 7.05 Å². The standard InChI is InChI=1S/C13H21N3O.HI/c1-14-13(15-10-12-8-5-9-17-12)16-11-6-3-2-4-7-11;/h5,8-9,11H,2-4,6-7,10H2,1H3,(H2,14,15,16);1H. The van der Waals surface area contributed by atoms with Gasteiger partial charge in [0.2, 0.25) is 0 Å². The first-order valence-electron chi connectivity index (χ1n) is 6.38. The molecule has 1 fully saturated rings. The third kappa shape index (κ3) is 4.88. The van der Waals surface area contributed by atoms with Gasteiger partial charge >= 0.3 is 0 Å². The molecule has 0 atom stereocenters. The number of hydrogen-bond acceptors (Lipinski definition) is 2. The Bertz CT molecular complexity index is 345. The lowest BCUT2D eigenvalue weighted by molar-refractivity contribution is 0.409. The van der Waals surface area contributed by atoms with Crippen molar-refractivity contribution in [2.45, 2.75) is 44.7 Å². The predicted molar refractivity (Wildman–Crippen MR) is 84.3 cm³/mol. The molecule has 4 nitrogen and oxygen atoms in total. The minimum atomic E-state index is 0. The zero-order chi connectivity index (χ0) is 11.9. The van der Waals surface area contributed by atoms with Crippen LogP contribution in [0.2, 0.25) is 0 Å². The van der Waals surface area contributed by atoms with Gasteiger partial charge in [-0.3, -0.25) is 4.99 Å². The Morgan fingerprint density at radius 2 is 2.17 bits per heavy atom. The van der Waals surface area contributed by atoms with E-state index in [2.05, 4.69) is 15.6 Å². The fourth-order valence-corrected chi connectivity index (χ4v) is 2.22. The zero-order valence-electron chi connectivity index (χ0n) is 10.8. The predicted octanol–water partition coefficient (Wildman–Crippen LogP) is 2.90. The lowest BCUT2D eigenvalue weighted by Gasteiger charge is -2.24. The van der Waals surface area contributed by atoms with Crippen LogP contribution >= 0.6 is 24.0 Å². The van der Waals surface area contributed by atoms with Crippen LogP contribution in [0.3, 0.4) is 0 Å². The third-order valence-corrected chi connectivity index (χ3v) is 3.18. The van der Waals surface area contributed by atoms with Crippen LogP contribution in [-0.4, -0.2) is 19.0 Å². The van der Waals surface area contributed by atoms with E-state index in [1.54, 1.807) is 13.3 Å². The molecule has 0 aromatic carbocycles. The Morgan fingerprint density at radius 1 is 1.39 bits per heavy atom. The van der Waals surface area contributed by atoms with E-state index in [4.69, 9.17) is 4.42 Å². The highest BCUT2D eigenvalue weighted by molar-refractivity contribution is 14.0. The first-order chi connectivity index (χ1) is 8.38. The molecule has 0 unspecified atom stereocenters. The summed E-state index contributed by atoms with van der Waals surface area (Å²) >= 11 is 0. The summed E-state index contributed by atoms with van der Waals surface area (Å²) < 4.78 is 5.27. The first-order valence-corrected chi connectivity index (χ1v) is 6.38. The molecule has 1 aliphatic rings. The first kappa shape index (κ1) is 15.3. The summed E-state index contributed by atoms with van der Waals surface area (Å²) in [5.74, 6) is 1.80. The van der Waals surface area contributed by atoms with Gasteiger partial charge in [0, 0.05) is 13.1 Å². The lowest BCUT2D eigenvalue weighted by atomic mass is 9.96. The van der Waals surface area contributed by atoms with Crippen LogP contribution in [0.15, 0.2) is 27.8 Å². The van der Waals surface area contributed by atoms with Gasteiger partial charge in [0.25, 0.3) is 0 Å². The Morgan fingerprint density at radius 3 is 2.78 bits per heavy atom. The zero-order valence-corrected chi connectivity index (χ0v) is 13.1. The quantitative estimate of drug-likeness (QED) is 0.493. The molecule has 102 valence electrons. The molecule has 5 heteroatoms. The number of furan rings is 1. The maximum absolute atomic E-state index is 5.27. The van der Waals surface area contributed by atoms with Crippen molar-refractivity contribution in [3.63, 3.8) is 0 Å². The maximum atomic E-state index is 5.27. The van der Waals surface area contributed by atoms with Crippen molar-refractivity contribution in [3.8, 4) is 0 Å². The molecule has 2 N–H and O–H groups in total. The summed E-state index contributed by atoms with van der Waals surface area (Å²) in [7, 11) is 1.81. The van der Waals surface area contributed by atoms with Crippen LogP contribution < -0.4 is 10.6 Å². The normalized spacial score (nSPS) is 17.1. The van der Waals surface area contributed by atoms with E-state index in [-0.39, 0.29) is 24.0 Å². The second-order valence-corrected chi connectivity index (χ2v) is 4.48. The van der Waals surface area contributed by atoms with Gasteiger partial charge in [0.05, 0.1) is 12.8 Å². The molecular weight excluding hydrogens is 341 g/mol. The smallest absolute Gasteiger partial charge is 0.191 e. The number of aliphatic imine (C=N–C) groups is 1. The van der Waals surface area contributed by atoms with Crippen molar-refractivity contribution >= 4 is 29.9 Å². The molecule has 0 spiro atoms. The molecule has 0 aliphatic heterocycles. The van der Waals surface area contributed by atoms with Crippen LogP contribution in [0, 0.1) is 0 Å². The Balaban J connectivity index is 0.00000162. The molecule has 1 aromatic heterocycles. The fourth-order valence-electron chi connectivity index (χ4n) is 2.22. The number of hydrogen-bond donors (Lipinski definition) is 2. The van der Waals surface area contributed by atoms with Gasteiger partial charge in [0.15, 0.2) is 5.96 Å². The number of nitrogens with zero attached hydrogens (tertiary/aromatic N) is 1. The average molecular weight is 363 g/mol. The van der Waals surface area contributed by atoms with Crippen molar-refractivity contribution in [2.24, 2.45) is 4.99 Å². The molecule has 1 saturated carbocycles. The summed E-state index contributed by atoms with van der Waals surface area (Å²) in [5, 5.41) is 6.73. The van der Waals surface area contributed by atoms with Crippen LogP contribution in [0.1, 0.15) is 37.9 Å². The van der Waals surface area contributed by atoms with E-state index < -0.39 is 0 Å². The van der Waals surface area contributed by atoms with E-state index in [1.165, 1.54) is 32.1 Å². The van der Waals surface area contributed by atoms with Crippen molar-refractivity contribution in [1.82, 2.24) is 10.6 Å². The third-order valence-electron chi connectivity index (χ3n) is 3.18. The van der Waals surface area contributed by atoms with E-state index in [1.807, 2.05) is 12.1 Å². The topological polar surface area (TPSA) is 49.6 Å². The monoisotopic (exact) mass is 363 g/mol. The number of rotatable bonds is 3. The molecule has 1 aliphatic carbocycles. The average Bonchev–Trinajstić information content (AvgIpc) is 2.89. The lowest BCUT2D eigenvalue weighted by Crippen LogP contribution is -2.43. The minimum absolute atomic E-state index is 0. The molecule has 0 radical (unpaired) electrons. The van der Waals surface area contributed by atoms with Crippen LogP contribution in [-0.2, 0) is 6.54 Å². The van der Waals surface area contributed by atoms with Gasteiger partial charge in [-0.2, -0.15) is 0 Å². The van der Waals surface area contributed by atoms with Crippen LogP contribution in [0.4, 0.5) is 0 Å². The van der Waals surface area contributed by atoms with Gasteiger partial charge in [-0.15, -0.1) is 24.0 Å². The van der Waals surface area contributed by atoms with E-state index in [0.717, 1.165) is 11.7 Å². The van der Waals surface area contributed by atoms with Gasteiger partial charge < -0.3 is 15.1 Å². The van der Waals surface area contributed by atoms with Gasteiger partial charge in [-0.25, -0.2) is 0 Å². The molecule has 0 saturated heterocycles. The number of halogens is 1. The van der Waals surface area contributed by atoms with Crippen LogP contribution in [0.25, 0.3) is 0 Å². The number of nitrogens with one attached hydrogen (secondary N) is 2. The molecule has 18 heavy (non-hydrogen) atoms. The minimum Gasteiger partial charge on any atom is -0.467 e. The summed E-state index contributed by atoms with van der Waals surface area (Å²) in [5.41, 5.74) is 0. The second-order valence-electron chi connectivity index (χ2n) is 4.48. The highest BCUT2D eigenvalue weighted by Gasteiger charge is 2.14. The van der Waals surface area contributed by atoms with Crippen LogP contribution in [0.5, 0.6) is 0 Å². The molecule has 0 bridgehead atoms. The van der Waals surface area contributed by atoms with E-state index >= 15 is 0 Å². The summed E-state index contributed by atoms with van der Waals surface area (Å²) in [6, 6.07) is 4.43. The van der Waals surface area contributed by atoms with E-state index in [9.17, 15) is 0 Å². The maximum Gasteiger partial charge on any atom is 0.191 e. The van der Waals surface area contributed by atoms with Gasteiger partial charge in [0.1, 0.15) is 5.76 Å². The molecule has 1 aromatic rings. The summed E-state index contributed by atoms with van der Waals surface area (Å²) in [6.45, 7) is 0.680.